The van der Waals surface area contributed by atoms with Gasteiger partial charge in [0.1, 0.15) is 0 Å². The van der Waals surface area contributed by atoms with Crippen LogP contribution in [0.15, 0.2) is 0 Å². The zero-order valence-electron chi connectivity index (χ0n) is 12.3. The third kappa shape index (κ3) is 4.97. The van der Waals surface area contributed by atoms with Gasteiger partial charge in [-0.25, -0.2) is 0 Å². The number of nitrogens with zero attached hydrogens (tertiary/aromatic N) is 1. The van der Waals surface area contributed by atoms with Crippen LogP contribution in [-0.4, -0.2) is 37.1 Å². The van der Waals surface area contributed by atoms with Gasteiger partial charge in [0.05, 0.1) is 0 Å². The molecule has 2 heteroatoms. The summed E-state index contributed by atoms with van der Waals surface area (Å²) in [5.74, 6) is 1.01. The van der Waals surface area contributed by atoms with Gasteiger partial charge in [0.25, 0.3) is 0 Å². The second-order valence-corrected chi connectivity index (χ2v) is 5.80. The Bertz CT molecular complexity index is 185. The Morgan fingerprint density at radius 2 is 1.82 bits per heavy atom. The summed E-state index contributed by atoms with van der Waals surface area (Å²) < 4.78 is 0. The van der Waals surface area contributed by atoms with Gasteiger partial charge in [-0.2, -0.15) is 0 Å². The normalized spacial score (nSPS) is 27.4. The minimum Gasteiger partial charge on any atom is -0.315 e. The average Bonchev–Trinajstić information content (AvgIpc) is 2.38. The molecule has 0 heterocycles. The number of nitrogens with one attached hydrogen (secondary N) is 1. The predicted octanol–water partition coefficient (Wildman–Crippen LogP) is 3.28. The van der Waals surface area contributed by atoms with Crippen LogP contribution in [0.4, 0.5) is 0 Å². The molecule has 0 aromatic carbocycles. The largest absolute Gasteiger partial charge is 0.315 e. The van der Waals surface area contributed by atoms with Crippen molar-refractivity contribution in [2.45, 2.75) is 71.4 Å². The lowest BCUT2D eigenvalue weighted by atomic mass is 9.84. The molecule has 17 heavy (non-hydrogen) atoms. The van der Waals surface area contributed by atoms with Crippen molar-refractivity contribution in [3.8, 4) is 0 Å². The summed E-state index contributed by atoms with van der Waals surface area (Å²) in [5.41, 5.74) is 0. The molecule has 1 aliphatic rings. The van der Waals surface area contributed by atoms with Crippen molar-refractivity contribution >= 4 is 0 Å². The Labute approximate surface area is 108 Å². The highest BCUT2D eigenvalue weighted by Gasteiger charge is 2.25. The van der Waals surface area contributed by atoms with E-state index < -0.39 is 0 Å². The monoisotopic (exact) mass is 240 g/mol. The standard InChI is InChI=1S/C15H32N2/c1-5-11-16-12-13(3)17(4)15-9-7-14(6-2)8-10-15/h13-16H,5-12H2,1-4H3. The van der Waals surface area contributed by atoms with Crippen LogP contribution in [0.3, 0.4) is 0 Å². The highest BCUT2D eigenvalue weighted by atomic mass is 15.2. The van der Waals surface area contributed by atoms with Crippen LogP contribution in [-0.2, 0) is 0 Å². The molecule has 0 aromatic rings. The van der Waals surface area contributed by atoms with Gasteiger partial charge in [-0.15, -0.1) is 0 Å². The Hall–Kier alpha value is -0.0800. The van der Waals surface area contributed by atoms with Crippen molar-refractivity contribution in [2.75, 3.05) is 20.1 Å². The lowest BCUT2D eigenvalue weighted by Crippen LogP contribution is -2.45. The minimum atomic E-state index is 0.671. The Morgan fingerprint density at radius 1 is 1.18 bits per heavy atom. The van der Waals surface area contributed by atoms with Gasteiger partial charge in [-0.05, 0) is 58.5 Å². The molecule has 1 fully saturated rings. The first kappa shape index (κ1) is 15.0. The molecule has 1 aliphatic carbocycles. The van der Waals surface area contributed by atoms with Crippen LogP contribution in [0.2, 0.25) is 0 Å². The maximum atomic E-state index is 3.53. The van der Waals surface area contributed by atoms with Gasteiger partial charge in [0.15, 0.2) is 0 Å². The van der Waals surface area contributed by atoms with Crippen LogP contribution in [0.5, 0.6) is 0 Å². The van der Waals surface area contributed by atoms with Crippen molar-refractivity contribution in [1.29, 1.82) is 0 Å². The van der Waals surface area contributed by atoms with E-state index in [1.54, 1.807) is 0 Å². The number of hydrogen-bond donors (Lipinski definition) is 1. The Kier molecular flexibility index (Phi) is 7.14. The summed E-state index contributed by atoms with van der Waals surface area (Å²) in [7, 11) is 2.31. The molecular formula is C15H32N2. The predicted molar refractivity (Wildman–Crippen MR) is 76.4 cm³/mol. The maximum absolute atomic E-state index is 3.53. The fourth-order valence-corrected chi connectivity index (χ4v) is 2.95. The van der Waals surface area contributed by atoms with Crippen LogP contribution < -0.4 is 5.32 Å². The van der Waals surface area contributed by atoms with E-state index >= 15 is 0 Å². The Balaban J connectivity index is 2.24. The molecule has 1 rings (SSSR count). The van der Waals surface area contributed by atoms with E-state index in [2.05, 4.69) is 38.0 Å². The first-order chi connectivity index (χ1) is 8.19. The molecule has 0 radical (unpaired) electrons. The van der Waals surface area contributed by atoms with Gasteiger partial charge >= 0.3 is 0 Å². The van der Waals surface area contributed by atoms with E-state index in [1.807, 2.05) is 0 Å². The zero-order valence-corrected chi connectivity index (χ0v) is 12.3. The van der Waals surface area contributed by atoms with E-state index in [1.165, 1.54) is 38.5 Å². The lowest BCUT2D eigenvalue weighted by Gasteiger charge is -2.38. The SMILES string of the molecule is CCCNCC(C)N(C)C1CCC(CC)CC1. The fourth-order valence-electron chi connectivity index (χ4n) is 2.95. The molecule has 2 nitrogen and oxygen atoms in total. The van der Waals surface area contributed by atoms with E-state index in [4.69, 9.17) is 0 Å². The summed E-state index contributed by atoms with van der Waals surface area (Å²) in [6.45, 7) is 9.22. The van der Waals surface area contributed by atoms with Gasteiger partial charge in [0.2, 0.25) is 0 Å². The lowest BCUT2D eigenvalue weighted by molar-refractivity contribution is 0.125. The first-order valence-electron chi connectivity index (χ1n) is 7.61. The fraction of sp³-hybridized carbons (Fsp3) is 1.00. The summed E-state index contributed by atoms with van der Waals surface area (Å²) in [4.78, 5) is 2.61. The van der Waals surface area contributed by atoms with E-state index in [0.717, 1.165) is 25.0 Å². The third-order valence-electron chi connectivity index (χ3n) is 4.53. The zero-order chi connectivity index (χ0) is 12.7. The van der Waals surface area contributed by atoms with Crippen LogP contribution >= 0.6 is 0 Å². The topological polar surface area (TPSA) is 15.3 Å². The van der Waals surface area contributed by atoms with E-state index in [9.17, 15) is 0 Å². The smallest absolute Gasteiger partial charge is 0.0192 e. The molecule has 1 saturated carbocycles. The number of likely N-dealkylation sites (N-methyl/N-ethyl adjacent to an activating group) is 1. The molecule has 0 amide bonds. The van der Waals surface area contributed by atoms with Crippen molar-refractivity contribution in [3.63, 3.8) is 0 Å². The van der Waals surface area contributed by atoms with Crippen LogP contribution in [0.1, 0.15) is 59.3 Å². The van der Waals surface area contributed by atoms with E-state index in [-0.39, 0.29) is 0 Å². The summed E-state index contributed by atoms with van der Waals surface area (Å²) in [6.07, 6.45) is 8.32. The molecule has 102 valence electrons. The Morgan fingerprint density at radius 3 is 2.35 bits per heavy atom. The molecule has 0 aromatic heterocycles. The van der Waals surface area contributed by atoms with Crippen molar-refractivity contribution in [2.24, 2.45) is 5.92 Å². The summed E-state index contributed by atoms with van der Waals surface area (Å²) in [5, 5.41) is 3.53. The third-order valence-corrected chi connectivity index (χ3v) is 4.53. The van der Waals surface area contributed by atoms with Crippen molar-refractivity contribution in [3.05, 3.63) is 0 Å². The molecule has 1 N–H and O–H groups in total. The van der Waals surface area contributed by atoms with Gasteiger partial charge < -0.3 is 5.32 Å². The molecule has 0 spiro atoms. The van der Waals surface area contributed by atoms with Gasteiger partial charge in [-0.1, -0.05) is 20.3 Å². The molecule has 0 bridgehead atoms. The highest BCUT2D eigenvalue weighted by Crippen LogP contribution is 2.29. The molecule has 0 aliphatic heterocycles. The molecule has 1 unspecified atom stereocenters. The molecule has 1 atom stereocenters. The molecule has 0 saturated heterocycles. The quantitative estimate of drug-likeness (QED) is 0.687. The summed E-state index contributed by atoms with van der Waals surface area (Å²) in [6, 6.07) is 1.50. The van der Waals surface area contributed by atoms with E-state index in [0.29, 0.717) is 6.04 Å². The second kappa shape index (κ2) is 8.10. The second-order valence-electron chi connectivity index (χ2n) is 5.80. The molecular weight excluding hydrogens is 208 g/mol. The van der Waals surface area contributed by atoms with Crippen LogP contribution in [0.25, 0.3) is 0 Å². The van der Waals surface area contributed by atoms with Crippen molar-refractivity contribution in [1.82, 2.24) is 10.2 Å². The number of rotatable bonds is 7. The maximum Gasteiger partial charge on any atom is 0.0192 e. The summed E-state index contributed by atoms with van der Waals surface area (Å²) >= 11 is 0. The number of hydrogen-bond acceptors (Lipinski definition) is 2. The van der Waals surface area contributed by atoms with Gasteiger partial charge in [0, 0.05) is 18.6 Å². The van der Waals surface area contributed by atoms with Crippen LogP contribution in [0, 0.1) is 5.92 Å². The van der Waals surface area contributed by atoms with Gasteiger partial charge in [-0.3, -0.25) is 4.90 Å². The van der Waals surface area contributed by atoms with Crippen molar-refractivity contribution < 1.29 is 0 Å². The average molecular weight is 240 g/mol. The minimum absolute atomic E-state index is 0.671. The highest BCUT2D eigenvalue weighted by molar-refractivity contribution is 4.81. The first-order valence-corrected chi connectivity index (χ1v) is 7.61.